The quantitative estimate of drug-likeness (QED) is 0.130. The van der Waals surface area contributed by atoms with E-state index in [0.29, 0.717) is 55.4 Å². The van der Waals surface area contributed by atoms with Gasteiger partial charge in [-0.3, -0.25) is 14.6 Å². The average Bonchev–Trinajstić information content (AvgIpc) is 3.42. The SMILES string of the molecule is CCCN(C(=O)/C(=C/O)CO)[C@H](CC)CCc1nc2c(-c3ccc(-c4ccccc4)nc3)cnn2c(N)c1C(C)=O. The molecule has 10 nitrogen and oxygen atoms in total. The number of fused-ring (bicyclic) bond motifs is 1. The van der Waals surface area contributed by atoms with Crippen LogP contribution < -0.4 is 5.73 Å². The number of nitrogen functional groups attached to an aromatic ring is 1. The van der Waals surface area contributed by atoms with E-state index in [1.54, 1.807) is 17.3 Å². The van der Waals surface area contributed by atoms with E-state index >= 15 is 0 Å². The predicted octanol–water partition coefficient (Wildman–Crippen LogP) is 4.63. The van der Waals surface area contributed by atoms with Gasteiger partial charge in [-0.15, -0.1) is 0 Å². The maximum atomic E-state index is 13.0. The number of ketones is 1. The Morgan fingerprint density at radius 2 is 1.85 bits per heavy atom. The number of aromatic nitrogens is 4. The third-order valence-electron chi connectivity index (χ3n) is 7.21. The van der Waals surface area contributed by atoms with E-state index in [-0.39, 0.29) is 23.2 Å². The number of aliphatic hydroxyl groups is 2. The molecule has 0 saturated carbocycles. The van der Waals surface area contributed by atoms with Crippen molar-refractivity contribution in [2.24, 2.45) is 0 Å². The van der Waals surface area contributed by atoms with Crippen LogP contribution in [-0.4, -0.2) is 65.6 Å². The first-order valence-corrected chi connectivity index (χ1v) is 13.8. The van der Waals surface area contributed by atoms with E-state index in [0.717, 1.165) is 22.4 Å². The summed E-state index contributed by atoms with van der Waals surface area (Å²) in [5.41, 5.74) is 11.2. The highest BCUT2D eigenvalue weighted by molar-refractivity contribution is 6.00. The Morgan fingerprint density at radius 1 is 1.10 bits per heavy atom. The number of benzene rings is 1. The average molecular weight is 557 g/mol. The second-order valence-corrected chi connectivity index (χ2v) is 9.88. The molecule has 0 unspecified atom stereocenters. The van der Waals surface area contributed by atoms with Gasteiger partial charge in [0.1, 0.15) is 5.82 Å². The lowest BCUT2D eigenvalue weighted by Crippen LogP contribution is -2.42. The minimum absolute atomic E-state index is 0.0686. The highest BCUT2D eigenvalue weighted by Crippen LogP contribution is 2.29. The largest absolute Gasteiger partial charge is 0.515 e. The van der Waals surface area contributed by atoms with Gasteiger partial charge in [0.25, 0.3) is 5.91 Å². The van der Waals surface area contributed by atoms with Crippen LogP contribution in [0.25, 0.3) is 28.0 Å². The zero-order chi connectivity index (χ0) is 29.5. The molecule has 1 atom stereocenters. The Bertz CT molecular complexity index is 1550. The number of nitrogens with two attached hydrogens (primary N) is 1. The Balaban J connectivity index is 1.69. The molecule has 214 valence electrons. The number of carbonyl (C=O) groups is 2. The van der Waals surface area contributed by atoms with E-state index in [2.05, 4.69) is 10.1 Å². The van der Waals surface area contributed by atoms with Gasteiger partial charge in [-0.2, -0.15) is 9.61 Å². The summed E-state index contributed by atoms with van der Waals surface area (Å²) in [6, 6.07) is 13.6. The number of Topliss-reactive ketones (excluding diaryl/α,β-unsaturated/α-hetero) is 1. The van der Waals surface area contributed by atoms with E-state index in [9.17, 15) is 19.8 Å². The van der Waals surface area contributed by atoms with Crippen LogP contribution in [0, 0.1) is 0 Å². The van der Waals surface area contributed by atoms with Crippen molar-refractivity contribution in [3.8, 4) is 22.4 Å². The van der Waals surface area contributed by atoms with Crippen molar-refractivity contribution < 1.29 is 19.8 Å². The van der Waals surface area contributed by atoms with Gasteiger partial charge in [-0.25, -0.2) is 4.98 Å². The Labute approximate surface area is 239 Å². The first-order valence-electron chi connectivity index (χ1n) is 13.8. The van der Waals surface area contributed by atoms with Gasteiger partial charge in [0.15, 0.2) is 11.4 Å². The molecule has 0 radical (unpaired) electrons. The van der Waals surface area contributed by atoms with Gasteiger partial charge in [0.2, 0.25) is 0 Å². The lowest BCUT2D eigenvalue weighted by atomic mass is 10.00. The summed E-state index contributed by atoms with van der Waals surface area (Å²) in [5, 5.41) is 23.4. The van der Waals surface area contributed by atoms with Gasteiger partial charge < -0.3 is 20.8 Å². The number of amides is 1. The Morgan fingerprint density at radius 3 is 2.44 bits per heavy atom. The second-order valence-electron chi connectivity index (χ2n) is 9.88. The van der Waals surface area contributed by atoms with Crippen LogP contribution in [0.4, 0.5) is 5.82 Å². The molecule has 4 rings (SSSR count). The van der Waals surface area contributed by atoms with Gasteiger partial charge in [0, 0.05) is 35.5 Å². The van der Waals surface area contributed by atoms with Crippen molar-refractivity contribution in [1.82, 2.24) is 24.5 Å². The normalized spacial score (nSPS) is 12.4. The number of rotatable bonds is 12. The molecule has 0 aliphatic carbocycles. The third-order valence-corrected chi connectivity index (χ3v) is 7.21. The van der Waals surface area contributed by atoms with Crippen LogP contribution in [0.1, 0.15) is 56.1 Å². The summed E-state index contributed by atoms with van der Waals surface area (Å²) in [7, 11) is 0. The molecule has 4 N–H and O–H groups in total. The van der Waals surface area contributed by atoms with Crippen molar-refractivity contribution in [2.45, 2.75) is 52.5 Å². The zero-order valence-corrected chi connectivity index (χ0v) is 23.6. The Hall–Kier alpha value is -4.57. The smallest absolute Gasteiger partial charge is 0.255 e. The van der Waals surface area contributed by atoms with E-state index in [4.69, 9.17) is 10.7 Å². The number of nitrogens with zero attached hydrogens (tertiary/aromatic N) is 5. The van der Waals surface area contributed by atoms with Crippen molar-refractivity contribution in [2.75, 3.05) is 18.9 Å². The highest BCUT2D eigenvalue weighted by Gasteiger charge is 2.26. The van der Waals surface area contributed by atoms with Gasteiger partial charge in [-0.05, 0) is 38.7 Å². The van der Waals surface area contributed by atoms with Crippen LogP contribution in [0.3, 0.4) is 0 Å². The van der Waals surface area contributed by atoms with Crippen molar-refractivity contribution in [1.29, 1.82) is 0 Å². The standard InChI is InChI=1S/C31H36N6O4/c1-4-15-36(31(41)23(18-38)19-39)24(5-2)12-14-27-28(20(3)40)29(32)37-30(35-27)25(17-34-37)22-11-13-26(33-16-22)21-9-7-6-8-10-21/h6-11,13,16-18,24,38-39H,4-5,12,14-15,19,32H2,1-3H3/b23-18+/t24-/m1/s1. The lowest BCUT2D eigenvalue weighted by molar-refractivity contribution is -0.130. The van der Waals surface area contributed by atoms with Gasteiger partial charge in [-0.1, -0.05) is 50.2 Å². The van der Waals surface area contributed by atoms with Crippen LogP contribution in [0.15, 0.2) is 66.7 Å². The van der Waals surface area contributed by atoms with Crippen LogP contribution in [0.5, 0.6) is 0 Å². The summed E-state index contributed by atoms with van der Waals surface area (Å²) in [4.78, 5) is 36.9. The van der Waals surface area contributed by atoms with Crippen LogP contribution in [-0.2, 0) is 11.2 Å². The van der Waals surface area contributed by atoms with Gasteiger partial charge >= 0.3 is 0 Å². The number of aliphatic hydroxyl groups excluding tert-OH is 2. The molecule has 41 heavy (non-hydrogen) atoms. The topological polar surface area (TPSA) is 147 Å². The first-order chi connectivity index (χ1) is 19.8. The summed E-state index contributed by atoms with van der Waals surface area (Å²) in [6.07, 6.45) is 6.33. The molecule has 1 aromatic carbocycles. The van der Waals surface area contributed by atoms with Crippen LogP contribution in [0.2, 0.25) is 0 Å². The molecular formula is C31H36N6O4. The van der Waals surface area contributed by atoms with Gasteiger partial charge in [0.05, 0.1) is 41.6 Å². The predicted molar refractivity (Wildman–Crippen MR) is 158 cm³/mol. The van der Waals surface area contributed by atoms with Crippen molar-refractivity contribution >= 4 is 23.2 Å². The summed E-state index contributed by atoms with van der Waals surface area (Å²) in [5.74, 6) is -0.431. The summed E-state index contributed by atoms with van der Waals surface area (Å²) in [6.45, 7) is 5.28. The van der Waals surface area contributed by atoms with E-state index < -0.39 is 12.5 Å². The number of hydrogen-bond donors (Lipinski definition) is 3. The molecule has 0 aliphatic rings. The van der Waals surface area contributed by atoms with Crippen molar-refractivity contribution in [3.63, 3.8) is 0 Å². The fraction of sp³-hybridized carbons (Fsp3) is 0.323. The van der Waals surface area contributed by atoms with E-state index in [1.165, 1.54) is 11.4 Å². The van der Waals surface area contributed by atoms with E-state index in [1.807, 2.05) is 56.3 Å². The molecule has 3 aromatic heterocycles. The monoisotopic (exact) mass is 556 g/mol. The highest BCUT2D eigenvalue weighted by atomic mass is 16.3. The minimum Gasteiger partial charge on any atom is -0.515 e. The summed E-state index contributed by atoms with van der Waals surface area (Å²) >= 11 is 0. The number of aryl methyl sites for hydroxylation is 1. The number of anilines is 1. The molecule has 10 heteroatoms. The number of carbonyl (C=O) groups excluding carboxylic acids is 2. The molecule has 0 fully saturated rings. The second kappa shape index (κ2) is 13.2. The summed E-state index contributed by atoms with van der Waals surface area (Å²) < 4.78 is 1.48. The first kappa shape index (κ1) is 29.4. The maximum Gasteiger partial charge on any atom is 0.255 e. The third kappa shape index (κ3) is 6.12. The molecule has 4 aromatic rings. The number of pyridine rings is 1. The maximum absolute atomic E-state index is 13.0. The number of hydrogen-bond acceptors (Lipinski definition) is 8. The molecule has 0 saturated heterocycles. The molecule has 3 heterocycles. The lowest BCUT2D eigenvalue weighted by Gasteiger charge is -2.31. The fourth-order valence-electron chi connectivity index (χ4n) is 5.09. The molecule has 0 aliphatic heterocycles. The molecular weight excluding hydrogens is 520 g/mol. The molecule has 0 spiro atoms. The minimum atomic E-state index is -0.555. The van der Waals surface area contributed by atoms with Crippen LogP contribution >= 0.6 is 0 Å². The molecule has 1 amide bonds. The Kier molecular flexibility index (Phi) is 9.46. The fourth-order valence-corrected chi connectivity index (χ4v) is 5.09. The zero-order valence-electron chi connectivity index (χ0n) is 23.6. The van der Waals surface area contributed by atoms with Crippen molar-refractivity contribution in [3.05, 3.63) is 78.0 Å². The molecule has 0 bridgehead atoms.